The van der Waals surface area contributed by atoms with Gasteiger partial charge < -0.3 is 10.2 Å². The smallest absolute Gasteiger partial charge is 0.325 e. The van der Waals surface area contributed by atoms with Gasteiger partial charge in [-0.2, -0.15) is 0 Å². The van der Waals surface area contributed by atoms with Crippen LogP contribution in [-0.4, -0.2) is 52.8 Å². The van der Waals surface area contributed by atoms with Gasteiger partial charge in [-0.1, -0.05) is 27.7 Å². The molecule has 3 aliphatic rings. The van der Waals surface area contributed by atoms with Gasteiger partial charge in [0.15, 0.2) is 0 Å². The first-order valence-corrected chi connectivity index (χ1v) is 10.9. The molecular formula is C22H37N3O3. The molecule has 1 heterocycles. The zero-order valence-electron chi connectivity index (χ0n) is 18.2. The van der Waals surface area contributed by atoms with Crippen LogP contribution in [0.4, 0.5) is 4.79 Å². The Kier molecular flexibility index (Phi) is 5.79. The standard InChI is InChI=1S/C22H37N3O3/c1-15-6-8-17(9-7-15)24(5)18(26)14-25-19(27)22(23-20(25)28)12-10-16(11-13-22)21(2,3)4/h15-17H,6-14H2,1-5H3,(H,23,28). The van der Waals surface area contributed by atoms with Crippen molar-refractivity contribution in [3.8, 4) is 0 Å². The van der Waals surface area contributed by atoms with E-state index in [4.69, 9.17) is 0 Å². The summed E-state index contributed by atoms with van der Waals surface area (Å²) in [7, 11) is 1.81. The molecule has 2 aliphatic carbocycles. The van der Waals surface area contributed by atoms with Crippen molar-refractivity contribution in [1.29, 1.82) is 0 Å². The Balaban J connectivity index is 1.60. The highest BCUT2D eigenvalue weighted by Gasteiger charge is 2.53. The monoisotopic (exact) mass is 391 g/mol. The number of rotatable bonds is 3. The predicted molar refractivity (Wildman–Crippen MR) is 109 cm³/mol. The first kappa shape index (κ1) is 21.1. The number of imide groups is 1. The number of hydrogen-bond donors (Lipinski definition) is 1. The number of nitrogens with one attached hydrogen (secondary N) is 1. The highest BCUT2D eigenvalue weighted by atomic mass is 16.2. The summed E-state index contributed by atoms with van der Waals surface area (Å²) in [5.41, 5.74) is -0.582. The third-order valence-electron chi connectivity index (χ3n) is 7.53. The molecule has 3 fully saturated rings. The van der Waals surface area contributed by atoms with E-state index in [-0.39, 0.29) is 29.8 Å². The Hall–Kier alpha value is -1.59. The molecule has 2 saturated carbocycles. The molecule has 0 radical (unpaired) electrons. The lowest BCUT2D eigenvalue weighted by molar-refractivity contribution is -0.140. The Bertz CT molecular complexity index is 623. The van der Waals surface area contributed by atoms with Crippen molar-refractivity contribution in [2.75, 3.05) is 13.6 Å². The SMILES string of the molecule is CC1CCC(N(C)C(=O)CN2C(=O)NC3(CCC(C(C)(C)C)CC3)C2=O)CC1. The van der Waals surface area contributed by atoms with Gasteiger partial charge in [0, 0.05) is 13.1 Å². The number of carbonyl (C=O) groups is 3. The van der Waals surface area contributed by atoms with Gasteiger partial charge in [0.25, 0.3) is 5.91 Å². The highest BCUT2D eigenvalue weighted by molar-refractivity contribution is 6.09. The van der Waals surface area contributed by atoms with Gasteiger partial charge in [-0.3, -0.25) is 14.5 Å². The average Bonchev–Trinajstić information content (AvgIpc) is 2.85. The molecule has 6 nitrogen and oxygen atoms in total. The number of carbonyl (C=O) groups excluding carboxylic acids is 3. The van der Waals surface area contributed by atoms with Crippen molar-refractivity contribution in [2.45, 2.75) is 90.6 Å². The Morgan fingerprint density at radius 3 is 2.21 bits per heavy atom. The van der Waals surface area contributed by atoms with Crippen molar-refractivity contribution in [3.05, 3.63) is 0 Å². The van der Waals surface area contributed by atoms with Crippen LogP contribution in [0.15, 0.2) is 0 Å². The normalized spacial score (nSPS) is 33.9. The van der Waals surface area contributed by atoms with Gasteiger partial charge in [-0.05, 0) is 68.6 Å². The van der Waals surface area contributed by atoms with Crippen LogP contribution in [0.3, 0.4) is 0 Å². The third-order valence-corrected chi connectivity index (χ3v) is 7.53. The number of nitrogens with zero attached hydrogens (tertiary/aromatic N) is 2. The van der Waals surface area contributed by atoms with E-state index in [9.17, 15) is 14.4 Å². The van der Waals surface area contributed by atoms with Crippen molar-refractivity contribution < 1.29 is 14.4 Å². The van der Waals surface area contributed by atoms with Crippen molar-refractivity contribution in [3.63, 3.8) is 0 Å². The molecule has 28 heavy (non-hydrogen) atoms. The molecule has 1 aliphatic heterocycles. The number of hydrogen-bond acceptors (Lipinski definition) is 3. The largest absolute Gasteiger partial charge is 0.341 e. The predicted octanol–water partition coefficient (Wildman–Crippen LogP) is 3.55. The van der Waals surface area contributed by atoms with Crippen molar-refractivity contribution in [1.82, 2.24) is 15.1 Å². The molecule has 0 aromatic heterocycles. The lowest BCUT2D eigenvalue weighted by Crippen LogP contribution is -2.51. The summed E-state index contributed by atoms with van der Waals surface area (Å²) in [5.74, 6) is 0.930. The summed E-state index contributed by atoms with van der Waals surface area (Å²) >= 11 is 0. The second-order valence-corrected chi connectivity index (χ2v) is 10.5. The van der Waals surface area contributed by atoms with Crippen LogP contribution in [0, 0.1) is 17.3 Å². The molecule has 158 valence electrons. The maximum Gasteiger partial charge on any atom is 0.325 e. The molecule has 3 rings (SSSR count). The molecule has 1 spiro atoms. The number of likely N-dealkylation sites (N-methyl/N-ethyl adjacent to an activating group) is 1. The van der Waals surface area contributed by atoms with Crippen LogP contribution in [0.2, 0.25) is 0 Å². The van der Waals surface area contributed by atoms with Crippen LogP contribution >= 0.6 is 0 Å². The van der Waals surface area contributed by atoms with Crippen molar-refractivity contribution in [2.24, 2.45) is 17.3 Å². The van der Waals surface area contributed by atoms with E-state index < -0.39 is 11.6 Å². The summed E-state index contributed by atoms with van der Waals surface area (Å²) in [6, 6.07) is -0.182. The summed E-state index contributed by atoms with van der Waals surface area (Å²) in [4.78, 5) is 41.3. The van der Waals surface area contributed by atoms with Gasteiger partial charge in [0.2, 0.25) is 5.91 Å². The molecule has 6 heteroatoms. The fraction of sp³-hybridized carbons (Fsp3) is 0.864. The van der Waals surface area contributed by atoms with E-state index in [0.29, 0.717) is 24.7 Å². The van der Waals surface area contributed by atoms with Crippen LogP contribution in [-0.2, 0) is 9.59 Å². The second-order valence-electron chi connectivity index (χ2n) is 10.5. The van der Waals surface area contributed by atoms with E-state index in [2.05, 4.69) is 33.0 Å². The number of urea groups is 1. The lowest BCUT2D eigenvalue weighted by Gasteiger charge is -2.40. The van der Waals surface area contributed by atoms with E-state index >= 15 is 0 Å². The minimum atomic E-state index is -0.794. The molecular weight excluding hydrogens is 354 g/mol. The van der Waals surface area contributed by atoms with E-state index in [1.807, 2.05) is 7.05 Å². The average molecular weight is 392 g/mol. The maximum atomic E-state index is 13.1. The molecule has 1 N–H and O–H groups in total. The first-order chi connectivity index (χ1) is 13.0. The van der Waals surface area contributed by atoms with Crippen molar-refractivity contribution >= 4 is 17.8 Å². The molecule has 0 bridgehead atoms. The fourth-order valence-electron chi connectivity index (χ4n) is 5.22. The molecule has 4 amide bonds. The summed E-state index contributed by atoms with van der Waals surface area (Å²) < 4.78 is 0. The van der Waals surface area contributed by atoms with E-state index in [0.717, 1.165) is 43.4 Å². The zero-order valence-corrected chi connectivity index (χ0v) is 18.2. The number of amides is 4. The molecule has 0 unspecified atom stereocenters. The topological polar surface area (TPSA) is 69.7 Å². The maximum absolute atomic E-state index is 13.1. The minimum Gasteiger partial charge on any atom is -0.341 e. The quantitative estimate of drug-likeness (QED) is 0.748. The Labute approximate surface area is 169 Å². The van der Waals surface area contributed by atoms with Gasteiger partial charge in [0.1, 0.15) is 12.1 Å². The molecule has 0 atom stereocenters. The molecule has 0 aromatic carbocycles. The van der Waals surface area contributed by atoms with Crippen LogP contribution in [0.1, 0.15) is 79.1 Å². The second kappa shape index (κ2) is 7.68. The van der Waals surface area contributed by atoms with Crippen LogP contribution in [0.5, 0.6) is 0 Å². The summed E-state index contributed by atoms with van der Waals surface area (Å²) in [5, 5.41) is 2.94. The van der Waals surface area contributed by atoms with Gasteiger partial charge in [-0.25, -0.2) is 4.79 Å². The molecule has 1 saturated heterocycles. The van der Waals surface area contributed by atoms with Gasteiger partial charge in [0.05, 0.1) is 0 Å². The third kappa shape index (κ3) is 4.06. The van der Waals surface area contributed by atoms with Gasteiger partial charge >= 0.3 is 6.03 Å². The summed E-state index contributed by atoms with van der Waals surface area (Å²) in [6.45, 7) is 8.81. The zero-order chi connectivity index (χ0) is 20.7. The van der Waals surface area contributed by atoms with Crippen LogP contribution in [0.25, 0.3) is 0 Å². The fourth-order valence-corrected chi connectivity index (χ4v) is 5.22. The molecule has 0 aromatic rings. The first-order valence-electron chi connectivity index (χ1n) is 10.9. The highest BCUT2D eigenvalue weighted by Crippen LogP contribution is 2.43. The van der Waals surface area contributed by atoms with Gasteiger partial charge in [-0.15, -0.1) is 0 Å². The van der Waals surface area contributed by atoms with E-state index in [1.165, 1.54) is 0 Å². The van der Waals surface area contributed by atoms with E-state index in [1.54, 1.807) is 4.90 Å². The minimum absolute atomic E-state index is 0.136. The lowest BCUT2D eigenvalue weighted by atomic mass is 9.67. The Morgan fingerprint density at radius 2 is 1.68 bits per heavy atom. The summed E-state index contributed by atoms with van der Waals surface area (Å²) in [6.07, 6.45) is 7.45. The Morgan fingerprint density at radius 1 is 1.11 bits per heavy atom. The van der Waals surface area contributed by atoms with Crippen LogP contribution < -0.4 is 5.32 Å².